The van der Waals surface area contributed by atoms with Crippen LogP contribution in [0.4, 0.5) is 8.78 Å². The van der Waals surface area contributed by atoms with E-state index in [2.05, 4.69) is 0 Å². The highest BCUT2D eigenvalue weighted by Crippen LogP contribution is 2.28. The van der Waals surface area contributed by atoms with E-state index in [4.69, 9.17) is 4.74 Å². The van der Waals surface area contributed by atoms with Gasteiger partial charge in [0.25, 0.3) is 0 Å². The van der Waals surface area contributed by atoms with Gasteiger partial charge in [0, 0.05) is 17.2 Å². The number of methoxy groups -OCH3 is 1. The Morgan fingerprint density at radius 3 is 2.11 bits per heavy atom. The lowest BCUT2D eigenvalue weighted by Gasteiger charge is -2.14. The van der Waals surface area contributed by atoms with Crippen LogP contribution in [0.25, 0.3) is 0 Å². The van der Waals surface area contributed by atoms with Crippen LogP contribution in [0.3, 0.4) is 0 Å². The lowest BCUT2D eigenvalue weighted by atomic mass is 9.99. The Kier molecular flexibility index (Phi) is 3.81. The summed E-state index contributed by atoms with van der Waals surface area (Å²) in [4.78, 5) is 0. The first-order chi connectivity index (χ1) is 9.02. The summed E-state index contributed by atoms with van der Waals surface area (Å²) < 4.78 is 32.5. The monoisotopic (exact) mass is 264 g/mol. The van der Waals surface area contributed by atoms with E-state index in [9.17, 15) is 13.9 Å². The van der Waals surface area contributed by atoms with Gasteiger partial charge < -0.3 is 9.84 Å². The third-order valence-electron chi connectivity index (χ3n) is 2.95. The smallest absolute Gasteiger partial charge is 0.133 e. The van der Waals surface area contributed by atoms with Crippen molar-refractivity contribution in [1.29, 1.82) is 0 Å². The molecule has 0 amide bonds. The highest BCUT2D eigenvalue weighted by atomic mass is 19.1. The van der Waals surface area contributed by atoms with Crippen LogP contribution in [0.15, 0.2) is 36.4 Å². The normalized spacial score (nSPS) is 12.3. The molecule has 0 fully saturated rings. The zero-order valence-electron chi connectivity index (χ0n) is 10.7. The molecule has 2 nitrogen and oxygen atoms in total. The molecular formula is C15H14F2O2. The van der Waals surface area contributed by atoms with E-state index in [0.717, 1.165) is 11.6 Å². The average molecular weight is 264 g/mol. The Morgan fingerprint density at radius 2 is 1.58 bits per heavy atom. The number of aliphatic hydroxyl groups is 1. The predicted molar refractivity (Wildman–Crippen MR) is 68.2 cm³/mol. The third-order valence-corrected chi connectivity index (χ3v) is 2.95. The van der Waals surface area contributed by atoms with Gasteiger partial charge in [0.1, 0.15) is 23.5 Å². The standard InChI is InChI=1S/C15H14F2O2/c1-9-3-5-11(13(16)7-9)15(18)12-6-4-10(19-2)8-14(12)17/h3-8,15,18H,1-2H3. The number of benzene rings is 2. The van der Waals surface area contributed by atoms with Gasteiger partial charge in [-0.25, -0.2) is 8.78 Å². The molecule has 0 aromatic heterocycles. The average Bonchev–Trinajstić information content (AvgIpc) is 2.37. The molecule has 0 radical (unpaired) electrons. The molecule has 19 heavy (non-hydrogen) atoms. The van der Waals surface area contributed by atoms with Crippen molar-refractivity contribution in [2.75, 3.05) is 7.11 Å². The molecule has 0 bridgehead atoms. The van der Waals surface area contributed by atoms with Crippen LogP contribution in [0.1, 0.15) is 22.8 Å². The molecular weight excluding hydrogens is 250 g/mol. The van der Waals surface area contributed by atoms with Gasteiger partial charge in [-0.05, 0) is 30.7 Å². The molecule has 0 heterocycles. The molecule has 4 heteroatoms. The van der Waals surface area contributed by atoms with Gasteiger partial charge in [0.05, 0.1) is 7.11 Å². The first-order valence-electron chi connectivity index (χ1n) is 5.80. The van der Waals surface area contributed by atoms with Crippen LogP contribution >= 0.6 is 0 Å². The minimum absolute atomic E-state index is 0.0172. The second-order valence-corrected chi connectivity index (χ2v) is 4.31. The molecule has 1 unspecified atom stereocenters. The van der Waals surface area contributed by atoms with E-state index in [1.54, 1.807) is 13.0 Å². The van der Waals surface area contributed by atoms with Crippen LogP contribution in [0.2, 0.25) is 0 Å². The van der Waals surface area contributed by atoms with Crippen LogP contribution in [0, 0.1) is 18.6 Å². The Balaban J connectivity index is 2.41. The predicted octanol–water partition coefficient (Wildman–Crippen LogP) is 3.36. The number of ether oxygens (including phenoxy) is 1. The minimum Gasteiger partial charge on any atom is -0.497 e. The van der Waals surface area contributed by atoms with E-state index in [-0.39, 0.29) is 11.1 Å². The summed E-state index contributed by atoms with van der Waals surface area (Å²) in [7, 11) is 1.42. The zero-order chi connectivity index (χ0) is 14.0. The molecule has 2 aromatic carbocycles. The topological polar surface area (TPSA) is 29.5 Å². The van der Waals surface area contributed by atoms with E-state index in [1.807, 2.05) is 0 Å². The first kappa shape index (κ1) is 13.5. The molecule has 2 rings (SSSR count). The zero-order valence-corrected chi connectivity index (χ0v) is 10.7. The second-order valence-electron chi connectivity index (χ2n) is 4.31. The molecule has 1 atom stereocenters. The highest BCUT2D eigenvalue weighted by molar-refractivity contribution is 5.36. The molecule has 0 aliphatic rings. The molecule has 0 spiro atoms. The molecule has 100 valence electrons. The molecule has 0 saturated carbocycles. The number of hydrogen-bond acceptors (Lipinski definition) is 2. The van der Waals surface area contributed by atoms with Crippen molar-refractivity contribution in [2.45, 2.75) is 13.0 Å². The van der Waals surface area contributed by atoms with E-state index < -0.39 is 17.7 Å². The number of hydrogen-bond donors (Lipinski definition) is 1. The first-order valence-corrected chi connectivity index (χ1v) is 5.80. The molecule has 0 aliphatic carbocycles. The number of aryl methyl sites for hydroxylation is 1. The highest BCUT2D eigenvalue weighted by Gasteiger charge is 2.18. The maximum Gasteiger partial charge on any atom is 0.133 e. The van der Waals surface area contributed by atoms with Crippen molar-refractivity contribution in [3.05, 3.63) is 64.7 Å². The minimum atomic E-state index is -1.34. The van der Waals surface area contributed by atoms with Crippen molar-refractivity contribution in [3.8, 4) is 5.75 Å². The lowest BCUT2D eigenvalue weighted by molar-refractivity contribution is 0.209. The number of rotatable bonds is 3. The SMILES string of the molecule is COc1ccc(C(O)c2ccc(C)cc2F)c(F)c1. The van der Waals surface area contributed by atoms with Gasteiger partial charge in [-0.15, -0.1) is 0 Å². The summed E-state index contributed by atoms with van der Waals surface area (Å²) in [5, 5.41) is 10.1. The van der Waals surface area contributed by atoms with Crippen LogP contribution < -0.4 is 4.74 Å². The molecule has 0 aliphatic heterocycles. The maximum atomic E-state index is 13.8. The van der Waals surface area contributed by atoms with Crippen LogP contribution in [-0.4, -0.2) is 12.2 Å². The summed E-state index contributed by atoms with van der Waals surface area (Å²) >= 11 is 0. The summed E-state index contributed by atoms with van der Waals surface area (Å²) in [5.74, 6) is -0.840. The quantitative estimate of drug-likeness (QED) is 0.921. The van der Waals surface area contributed by atoms with Gasteiger partial charge in [0.15, 0.2) is 0 Å². The Morgan fingerprint density at radius 1 is 1.00 bits per heavy atom. The summed E-state index contributed by atoms with van der Waals surface area (Å²) in [5.41, 5.74) is 0.807. The van der Waals surface area contributed by atoms with Crippen LogP contribution in [-0.2, 0) is 0 Å². The lowest BCUT2D eigenvalue weighted by Crippen LogP contribution is -2.05. The van der Waals surface area contributed by atoms with Crippen molar-refractivity contribution < 1.29 is 18.6 Å². The fourth-order valence-electron chi connectivity index (χ4n) is 1.88. The third kappa shape index (κ3) is 2.74. The second kappa shape index (κ2) is 5.36. The number of halogens is 2. The Hall–Kier alpha value is -1.94. The fraction of sp³-hybridized carbons (Fsp3) is 0.200. The maximum absolute atomic E-state index is 13.8. The Bertz CT molecular complexity index is 597. The van der Waals surface area contributed by atoms with Crippen molar-refractivity contribution in [2.24, 2.45) is 0 Å². The van der Waals surface area contributed by atoms with Gasteiger partial charge >= 0.3 is 0 Å². The van der Waals surface area contributed by atoms with E-state index >= 15 is 0 Å². The van der Waals surface area contributed by atoms with Gasteiger partial charge in [-0.2, -0.15) is 0 Å². The summed E-state index contributed by atoms with van der Waals surface area (Å²) in [6, 6.07) is 8.50. The van der Waals surface area contributed by atoms with Crippen molar-refractivity contribution in [3.63, 3.8) is 0 Å². The largest absolute Gasteiger partial charge is 0.497 e. The van der Waals surface area contributed by atoms with Crippen molar-refractivity contribution >= 4 is 0 Å². The van der Waals surface area contributed by atoms with Crippen molar-refractivity contribution in [1.82, 2.24) is 0 Å². The van der Waals surface area contributed by atoms with E-state index in [0.29, 0.717) is 5.75 Å². The number of aliphatic hydroxyl groups excluding tert-OH is 1. The van der Waals surface area contributed by atoms with Gasteiger partial charge in [-0.1, -0.05) is 12.1 Å². The van der Waals surface area contributed by atoms with Gasteiger partial charge in [0.2, 0.25) is 0 Å². The Labute approximate surface area is 110 Å². The van der Waals surface area contributed by atoms with Gasteiger partial charge in [-0.3, -0.25) is 0 Å². The molecule has 2 aromatic rings. The summed E-state index contributed by atoms with van der Waals surface area (Å²) in [6.07, 6.45) is -1.34. The van der Waals surface area contributed by atoms with E-state index in [1.165, 1.54) is 31.4 Å². The van der Waals surface area contributed by atoms with Crippen LogP contribution in [0.5, 0.6) is 5.75 Å². The molecule has 1 N–H and O–H groups in total. The fourth-order valence-corrected chi connectivity index (χ4v) is 1.88. The molecule has 0 saturated heterocycles. The summed E-state index contributed by atoms with van der Waals surface area (Å²) in [6.45, 7) is 1.74.